The fraction of sp³-hybridized carbons (Fsp3) is 0.719. The summed E-state index contributed by atoms with van der Waals surface area (Å²) in [5.41, 5.74) is 16.5. The Kier molecular flexibility index (Phi) is 19.9. The monoisotopic (exact) mass is 742 g/mol. The Morgan fingerprint density at radius 1 is 0.712 bits per heavy atom. The number of carbonyl (C=O) groups excluding carboxylic acids is 6. The maximum atomic E-state index is 13.7. The largest absolute Gasteiger partial charge is 0.481 e. The van der Waals surface area contributed by atoms with E-state index in [2.05, 4.69) is 21.3 Å². The summed E-state index contributed by atoms with van der Waals surface area (Å²) in [6, 6.07) is -7.84. The van der Waals surface area contributed by atoms with Crippen LogP contribution in [0.4, 0.5) is 0 Å². The van der Waals surface area contributed by atoms with E-state index in [1.807, 2.05) is 13.8 Å². The van der Waals surface area contributed by atoms with Crippen molar-refractivity contribution in [2.24, 2.45) is 23.1 Å². The van der Waals surface area contributed by atoms with Crippen LogP contribution < -0.4 is 38.5 Å². The Bertz CT molecular complexity index is 1300. The fourth-order valence-corrected chi connectivity index (χ4v) is 5.54. The Labute approximate surface area is 301 Å². The quantitative estimate of drug-likeness (QED) is 0.0433. The highest BCUT2D eigenvalue weighted by atomic mass is 16.4. The predicted molar refractivity (Wildman–Crippen MR) is 183 cm³/mol. The molecule has 0 aromatic heterocycles. The van der Waals surface area contributed by atoms with Gasteiger partial charge in [0, 0.05) is 25.8 Å². The van der Waals surface area contributed by atoms with Crippen LogP contribution in [0.5, 0.6) is 0 Å². The topological polar surface area (TPSA) is 344 Å². The molecule has 1 aliphatic rings. The lowest BCUT2D eigenvalue weighted by Crippen LogP contribution is -2.59. The molecule has 294 valence electrons. The zero-order chi connectivity index (χ0) is 39.5. The van der Waals surface area contributed by atoms with Crippen LogP contribution in [0.3, 0.4) is 0 Å². The first kappa shape index (κ1) is 45.2. The van der Waals surface area contributed by atoms with Gasteiger partial charge in [0.2, 0.25) is 35.4 Å². The predicted octanol–water partition coefficient (Wildman–Crippen LogP) is -2.50. The zero-order valence-electron chi connectivity index (χ0n) is 29.6. The zero-order valence-corrected chi connectivity index (χ0v) is 29.6. The van der Waals surface area contributed by atoms with Crippen LogP contribution >= 0.6 is 0 Å². The average molecular weight is 743 g/mol. The third-order valence-corrected chi connectivity index (χ3v) is 8.32. The van der Waals surface area contributed by atoms with E-state index in [0.29, 0.717) is 19.3 Å². The molecule has 0 spiro atoms. The maximum Gasteiger partial charge on any atom is 0.326 e. The maximum absolute atomic E-state index is 13.7. The molecule has 1 rings (SSSR count). The number of nitrogens with one attached hydrogen (secondary N) is 4. The molecule has 0 aliphatic carbocycles. The van der Waals surface area contributed by atoms with Crippen molar-refractivity contribution in [3.05, 3.63) is 0 Å². The van der Waals surface area contributed by atoms with E-state index in [-0.39, 0.29) is 51.1 Å². The van der Waals surface area contributed by atoms with Crippen LogP contribution in [0.1, 0.15) is 90.9 Å². The second kappa shape index (κ2) is 22.9. The molecule has 6 unspecified atom stereocenters. The molecule has 0 aromatic carbocycles. The summed E-state index contributed by atoms with van der Waals surface area (Å²) in [4.78, 5) is 114. The van der Waals surface area contributed by atoms with Gasteiger partial charge in [-0.15, -0.1) is 0 Å². The van der Waals surface area contributed by atoms with E-state index in [0.717, 1.165) is 0 Å². The third-order valence-electron chi connectivity index (χ3n) is 8.32. The van der Waals surface area contributed by atoms with Gasteiger partial charge in [0.1, 0.15) is 30.2 Å². The van der Waals surface area contributed by atoms with Crippen molar-refractivity contribution in [1.29, 1.82) is 0 Å². The first-order valence-electron chi connectivity index (χ1n) is 17.3. The number of aliphatic carboxylic acids is 3. The number of nitrogens with two attached hydrogens (primary N) is 3. The molecule has 52 heavy (non-hydrogen) atoms. The minimum absolute atomic E-state index is 0.00950. The number of nitrogens with zero attached hydrogens (tertiary/aromatic N) is 1. The van der Waals surface area contributed by atoms with Gasteiger partial charge >= 0.3 is 17.9 Å². The highest BCUT2D eigenvalue weighted by Crippen LogP contribution is 2.21. The molecule has 1 heterocycles. The number of hydrogen-bond donors (Lipinski definition) is 10. The summed E-state index contributed by atoms with van der Waals surface area (Å²) in [6.07, 6.45) is -0.734. The number of amides is 6. The smallest absolute Gasteiger partial charge is 0.326 e. The van der Waals surface area contributed by atoms with E-state index >= 15 is 0 Å². The Balaban J connectivity index is 3.22. The van der Waals surface area contributed by atoms with E-state index in [1.165, 1.54) is 4.90 Å². The molecule has 6 amide bonds. The summed E-state index contributed by atoms with van der Waals surface area (Å²) in [7, 11) is 0. The first-order chi connectivity index (χ1) is 24.4. The minimum Gasteiger partial charge on any atom is -0.481 e. The first-order valence-corrected chi connectivity index (χ1v) is 17.3. The lowest BCUT2D eigenvalue weighted by molar-refractivity contribution is -0.143. The molecular weight excluding hydrogens is 688 g/mol. The number of hydrogen-bond acceptors (Lipinski definition) is 11. The van der Waals surface area contributed by atoms with Crippen molar-refractivity contribution in [3.8, 4) is 0 Å². The average Bonchev–Trinajstić information content (AvgIpc) is 3.55. The van der Waals surface area contributed by atoms with Gasteiger partial charge in [-0.1, -0.05) is 13.8 Å². The number of unbranched alkanes of at least 4 members (excludes halogenated alkanes) is 1. The van der Waals surface area contributed by atoms with E-state index in [4.69, 9.17) is 17.2 Å². The SMILES string of the molecule is CC(C)CC(NC(=O)C(N)CCC(N)=O)C(=O)N1CCCC1C(=O)NC(CCC(=O)O)C(=O)NC(CCC(=O)O)C(=O)NC(CCCCN)C(=O)O. The molecule has 1 saturated heterocycles. The Morgan fingerprint density at radius 3 is 1.75 bits per heavy atom. The van der Waals surface area contributed by atoms with Gasteiger partial charge in [0.05, 0.1) is 6.04 Å². The molecule has 1 fully saturated rings. The van der Waals surface area contributed by atoms with Crippen molar-refractivity contribution in [3.63, 3.8) is 0 Å². The van der Waals surface area contributed by atoms with Crippen LogP contribution in [-0.4, -0.2) is 123 Å². The van der Waals surface area contributed by atoms with E-state index < -0.39 is 115 Å². The van der Waals surface area contributed by atoms with E-state index in [9.17, 15) is 58.5 Å². The third kappa shape index (κ3) is 16.4. The second-order valence-electron chi connectivity index (χ2n) is 13.2. The highest BCUT2D eigenvalue weighted by Gasteiger charge is 2.40. The van der Waals surface area contributed by atoms with Crippen molar-refractivity contribution in [2.45, 2.75) is 127 Å². The molecule has 0 aromatic rings. The molecule has 20 heteroatoms. The summed E-state index contributed by atoms with van der Waals surface area (Å²) in [5.74, 6) is -8.88. The summed E-state index contributed by atoms with van der Waals surface area (Å²) >= 11 is 0. The second-order valence-corrected chi connectivity index (χ2v) is 13.2. The number of carbonyl (C=O) groups is 9. The number of carboxylic acids is 3. The summed E-state index contributed by atoms with van der Waals surface area (Å²) in [5, 5.41) is 37.7. The summed E-state index contributed by atoms with van der Waals surface area (Å²) < 4.78 is 0. The van der Waals surface area contributed by atoms with Gasteiger partial charge in [-0.05, 0) is 70.3 Å². The number of rotatable bonds is 25. The lowest BCUT2D eigenvalue weighted by atomic mass is 10.0. The molecule has 0 saturated carbocycles. The van der Waals surface area contributed by atoms with Crippen molar-refractivity contribution in [2.75, 3.05) is 13.1 Å². The van der Waals surface area contributed by atoms with Crippen molar-refractivity contribution >= 4 is 53.4 Å². The Morgan fingerprint density at radius 2 is 1.25 bits per heavy atom. The highest BCUT2D eigenvalue weighted by molar-refractivity contribution is 5.97. The standard InChI is InChI=1S/C32H54N8O12/c1-17(2)16-22(39-27(46)18(34)8-11-24(35)41)31(50)40-15-5-7-23(40)30(49)37-20(10-13-26(44)45)28(47)36-19(9-12-25(42)43)29(48)38-21(32(51)52)6-3-4-14-33/h17-23H,3-16,33-34H2,1-2H3,(H2,35,41)(H,36,47)(H,37,49)(H,38,48)(H,39,46)(H,42,43)(H,44,45)(H,51,52). The van der Waals surface area contributed by atoms with Gasteiger partial charge in [0.25, 0.3) is 0 Å². The van der Waals surface area contributed by atoms with Crippen molar-refractivity contribution in [1.82, 2.24) is 26.2 Å². The van der Waals surface area contributed by atoms with E-state index in [1.54, 1.807) is 0 Å². The van der Waals surface area contributed by atoms with Gasteiger partial charge < -0.3 is 58.7 Å². The van der Waals surface area contributed by atoms with Crippen LogP contribution in [0.15, 0.2) is 0 Å². The van der Waals surface area contributed by atoms with Crippen LogP contribution in [0, 0.1) is 5.92 Å². The van der Waals surface area contributed by atoms with Crippen LogP contribution in [0.25, 0.3) is 0 Å². The number of carboxylic acid groups (broad SMARTS) is 3. The van der Waals surface area contributed by atoms with Crippen molar-refractivity contribution < 1.29 is 58.5 Å². The fourth-order valence-electron chi connectivity index (χ4n) is 5.54. The van der Waals surface area contributed by atoms with Crippen LogP contribution in [-0.2, 0) is 43.2 Å². The van der Waals surface area contributed by atoms with Gasteiger partial charge in [-0.2, -0.15) is 0 Å². The molecule has 0 bridgehead atoms. The van der Waals surface area contributed by atoms with Gasteiger partial charge in [0.15, 0.2) is 0 Å². The normalized spacial score (nSPS) is 16.9. The molecule has 20 nitrogen and oxygen atoms in total. The van der Waals surface area contributed by atoms with Crippen LogP contribution in [0.2, 0.25) is 0 Å². The number of primary amides is 1. The molecular formula is C32H54N8O12. The molecule has 0 radical (unpaired) electrons. The molecule has 13 N–H and O–H groups in total. The number of likely N-dealkylation sites (tertiary alicyclic amines) is 1. The van der Waals surface area contributed by atoms with Gasteiger partial charge in [-0.3, -0.25) is 38.4 Å². The Hall–Kier alpha value is -4.85. The minimum atomic E-state index is -1.57. The van der Waals surface area contributed by atoms with Gasteiger partial charge in [-0.25, -0.2) is 4.79 Å². The molecule has 6 atom stereocenters. The lowest BCUT2D eigenvalue weighted by Gasteiger charge is -2.31. The molecule has 1 aliphatic heterocycles. The summed E-state index contributed by atoms with van der Waals surface area (Å²) in [6.45, 7) is 4.03.